The van der Waals surface area contributed by atoms with E-state index in [0.29, 0.717) is 13.2 Å². The topological polar surface area (TPSA) is 76.1 Å². The summed E-state index contributed by atoms with van der Waals surface area (Å²) in [6.07, 6.45) is -3.20. The highest BCUT2D eigenvalue weighted by Crippen LogP contribution is 2.34. The fraction of sp³-hybridized carbons (Fsp3) is 0.267. The van der Waals surface area contributed by atoms with Gasteiger partial charge in [0.15, 0.2) is 0 Å². The van der Waals surface area contributed by atoms with Crippen LogP contribution in [-0.4, -0.2) is 36.1 Å². The minimum atomic E-state index is -4.51. The number of aromatic nitrogens is 2. The Morgan fingerprint density at radius 3 is 2.76 bits per heavy atom. The highest BCUT2D eigenvalue weighted by molar-refractivity contribution is 6.33. The van der Waals surface area contributed by atoms with Crippen molar-refractivity contribution in [3.63, 3.8) is 0 Å². The van der Waals surface area contributed by atoms with E-state index in [1.54, 1.807) is 0 Å². The van der Waals surface area contributed by atoms with Gasteiger partial charge in [0, 0.05) is 19.9 Å². The summed E-state index contributed by atoms with van der Waals surface area (Å²) in [5.41, 5.74) is -0.835. The number of methoxy groups -OCH3 is 1. The zero-order valence-corrected chi connectivity index (χ0v) is 13.8. The fourth-order valence-electron chi connectivity index (χ4n) is 1.82. The number of ether oxygens (including phenoxy) is 1. The van der Waals surface area contributed by atoms with Crippen LogP contribution in [0.1, 0.15) is 16.1 Å². The number of nitrogens with one attached hydrogen (secondary N) is 2. The molecule has 0 aliphatic rings. The molecular weight excluding hydrogens is 361 g/mol. The predicted octanol–water partition coefficient (Wildman–Crippen LogP) is 3.27. The Hall–Kier alpha value is -2.39. The Balaban J connectivity index is 2.18. The zero-order chi connectivity index (χ0) is 18.4. The molecule has 10 heteroatoms. The third-order valence-electron chi connectivity index (χ3n) is 3.02. The minimum Gasteiger partial charge on any atom is -0.383 e. The third-order valence-corrected chi connectivity index (χ3v) is 3.35. The molecule has 0 bridgehead atoms. The van der Waals surface area contributed by atoms with Crippen molar-refractivity contribution in [2.75, 3.05) is 25.6 Å². The van der Waals surface area contributed by atoms with Crippen molar-refractivity contribution in [3.8, 4) is 0 Å². The van der Waals surface area contributed by atoms with Gasteiger partial charge in [0.2, 0.25) is 5.95 Å². The lowest BCUT2D eigenvalue weighted by Crippen LogP contribution is -2.27. The quantitative estimate of drug-likeness (QED) is 0.759. The Kier molecular flexibility index (Phi) is 6.16. The maximum Gasteiger partial charge on any atom is 0.416 e. The van der Waals surface area contributed by atoms with Crippen LogP contribution in [0.15, 0.2) is 30.5 Å². The Bertz CT molecular complexity index is 756. The predicted molar refractivity (Wildman–Crippen MR) is 86.0 cm³/mol. The van der Waals surface area contributed by atoms with Gasteiger partial charge in [-0.05, 0) is 24.3 Å². The van der Waals surface area contributed by atoms with Crippen LogP contribution in [-0.2, 0) is 10.9 Å². The molecule has 0 aliphatic heterocycles. The van der Waals surface area contributed by atoms with Crippen LogP contribution in [0.2, 0.25) is 5.02 Å². The largest absolute Gasteiger partial charge is 0.416 e. The summed E-state index contributed by atoms with van der Waals surface area (Å²) in [6.45, 7) is 0.628. The maximum absolute atomic E-state index is 12.8. The minimum absolute atomic E-state index is 0.0200. The van der Waals surface area contributed by atoms with Crippen molar-refractivity contribution in [3.05, 3.63) is 46.7 Å². The van der Waals surface area contributed by atoms with Gasteiger partial charge >= 0.3 is 6.18 Å². The molecule has 6 nitrogen and oxygen atoms in total. The second kappa shape index (κ2) is 8.13. The molecule has 1 aromatic heterocycles. The van der Waals surface area contributed by atoms with Crippen molar-refractivity contribution >= 4 is 29.1 Å². The van der Waals surface area contributed by atoms with Gasteiger partial charge in [0.05, 0.1) is 22.9 Å². The molecule has 0 radical (unpaired) electrons. The van der Waals surface area contributed by atoms with Gasteiger partial charge in [-0.15, -0.1) is 0 Å². The standard InChI is InChI=1S/C15H14ClF3N4O2/c1-25-7-6-20-13(24)11-4-5-21-14(22-11)23-12-8-9(15(17,18)19)2-3-10(12)16/h2-5,8H,6-7H2,1H3,(H,20,24)(H,21,22,23). The average molecular weight is 375 g/mol. The highest BCUT2D eigenvalue weighted by Gasteiger charge is 2.31. The molecule has 1 heterocycles. The second-order valence-electron chi connectivity index (χ2n) is 4.83. The van der Waals surface area contributed by atoms with Crippen LogP contribution in [0.5, 0.6) is 0 Å². The van der Waals surface area contributed by atoms with E-state index < -0.39 is 17.6 Å². The molecule has 0 saturated heterocycles. The molecule has 0 spiro atoms. The maximum atomic E-state index is 12.8. The number of carbonyl (C=O) groups is 1. The molecule has 0 saturated carbocycles. The number of rotatable bonds is 6. The first-order chi connectivity index (χ1) is 11.8. The molecular formula is C15H14ClF3N4O2. The molecule has 0 atom stereocenters. The number of benzene rings is 1. The molecule has 0 unspecified atom stereocenters. The Labute approximate surface area is 146 Å². The highest BCUT2D eigenvalue weighted by atomic mass is 35.5. The van der Waals surface area contributed by atoms with E-state index in [-0.39, 0.29) is 22.4 Å². The van der Waals surface area contributed by atoms with Crippen LogP contribution < -0.4 is 10.6 Å². The molecule has 1 amide bonds. The van der Waals surface area contributed by atoms with Crippen molar-refractivity contribution in [2.24, 2.45) is 0 Å². The number of alkyl halides is 3. The van der Waals surface area contributed by atoms with Crippen molar-refractivity contribution in [1.82, 2.24) is 15.3 Å². The Morgan fingerprint density at radius 2 is 2.08 bits per heavy atom. The molecule has 1 aromatic carbocycles. The van der Waals surface area contributed by atoms with E-state index in [4.69, 9.17) is 16.3 Å². The molecule has 134 valence electrons. The van der Waals surface area contributed by atoms with Crippen molar-refractivity contribution in [2.45, 2.75) is 6.18 Å². The molecule has 2 aromatic rings. The van der Waals surface area contributed by atoms with Crippen LogP contribution in [0, 0.1) is 0 Å². The van der Waals surface area contributed by atoms with E-state index in [0.717, 1.165) is 18.2 Å². The van der Waals surface area contributed by atoms with E-state index in [1.807, 2.05) is 0 Å². The smallest absolute Gasteiger partial charge is 0.383 e. The lowest BCUT2D eigenvalue weighted by atomic mass is 10.2. The van der Waals surface area contributed by atoms with Gasteiger partial charge in [-0.25, -0.2) is 9.97 Å². The summed E-state index contributed by atoms with van der Waals surface area (Å²) in [7, 11) is 1.50. The van der Waals surface area contributed by atoms with Gasteiger partial charge < -0.3 is 15.4 Å². The summed E-state index contributed by atoms with van der Waals surface area (Å²) in [4.78, 5) is 19.8. The number of nitrogens with zero attached hydrogens (tertiary/aromatic N) is 2. The number of amides is 1. The van der Waals surface area contributed by atoms with Crippen LogP contribution in [0.4, 0.5) is 24.8 Å². The van der Waals surface area contributed by atoms with E-state index in [9.17, 15) is 18.0 Å². The lowest BCUT2D eigenvalue weighted by Gasteiger charge is -2.12. The second-order valence-corrected chi connectivity index (χ2v) is 5.24. The fourth-order valence-corrected chi connectivity index (χ4v) is 1.99. The van der Waals surface area contributed by atoms with Crippen LogP contribution in [0.3, 0.4) is 0 Å². The molecule has 25 heavy (non-hydrogen) atoms. The molecule has 2 N–H and O–H groups in total. The van der Waals surface area contributed by atoms with Gasteiger partial charge in [0.25, 0.3) is 5.91 Å². The normalized spacial score (nSPS) is 11.2. The van der Waals surface area contributed by atoms with Crippen LogP contribution in [0.25, 0.3) is 0 Å². The van der Waals surface area contributed by atoms with Gasteiger partial charge in [-0.3, -0.25) is 4.79 Å². The van der Waals surface area contributed by atoms with Gasteiger partial charge in [-0.2, -0.15) is 13.2 Å². The Morgan fingerprint density at radius 1 is 1.32 bits per heavy atom. The first kappa shape index (κ1) is 18.9. The van der Waals surface area contributed by atoms with Gasteiger partial charge in [0.1, 0.15) is 5.69 Å². The summed E-state index contributed by atoms with van der Waals surface area (Å²) < 4.78 is 43.2. The summed E-state index contributed by atoms with van der Waals surface area (Å²) in [5, 5.41) is 5.22. The summed E-state index contributed by atoms with van der Waals surface area (Å²) in [5.74, 6) is -0.516. The van der Waals surface area contributed by atoms with Gasteiger partial charge in [-0.1, -0.05) is 11.6 Å². The number of hydrogen-bond acceptors (Lipinski definition) is 5. The summed E-state index contributed by atoms with van der Waals surface area (Å²) >= 11 is 5.90. The summed E-state index contributed by atoms with van der Waals surface area (Å²) in [6, 6.07) is 4.21. The van der Waals surface area contributed by atoms with Crippen molar-refractivity contribution in [1.29, 1.82) is 0 Å². The number of carbonyl (C=O) groups excluding carboxylic acids is 1. The van der Waals surface area contributed by atoms with E-state index in [1.165, 1.54) is 19.4 Å². The van der Waals surface area contributed by atoms with Crippen molar-refractivity contribution < 1.29 is 22.7 Å². The third kappa shape index (κ3) is 5.30. The lowest BCUT2D eigenvalue weighted by molar-refractivity contribution is -0.137. The molecule has 2 rings (SSSR count). The molecule has 0 aliphatic carbocycles. The monoisotopic (exact) mass is 374 g/mol. The zero-order valence-electron chi connectivity index (χ0n) is 13.0. The molecule has 0 fully saturated rings. The van der Waals surface area contributed by atoms with E-state index in [2.05, 4.69) is 20.6 Å². The van der Waals surface area contributed by atoms with Crippen LogP contribution >= 0.6 is 11.6 Å². The SMILES string of the molecule is COCCNC(=O)c1ccnc(Nc2cc(C(F)(F)F)ccc2Cl)n1. The first-order valence-corrected chi connectivity index (χ1v) is 7.43. The number of anilines is 2. The average Bonchev–Trinajstić information content (AvgIpc) is 2.56. The number of hydrogen-bond donors (Lipinski definition) is 2. The van der Waals surface area contributed by atoms with E-state index >= 15 is 0 Å². The first-order valence-electron chi connectivity index (χ1n) is 7.05. The number of halogens is 4.